The Balaban J connectivity index is 1.91. The van der Waals surface area contributed by atoms with Gasteiger partial charge in [0.2, 0.25) is 0 Å². The van der Waals surface area contributed by atoms with Gasteiger partial charge >= 0.3 is 0 Å². The molecule has 0 fully saturated rings. The second-order valence-electron chi connectivity index (χ2n) is 4.11. The zero-order valence-electron chi connectivity index (χ0n) is 10.4. The Morgan fingerprint density at radius 1 is 1.50 bits per heavy atom. The van der Waals surface area contributed by atoms with Crippen molar-refractivity contribution in [2.24, 2.45) is 12.8 Å². The third kappa shape index (κ3) is 2.21. The maximum absolute atomic E-state index is 12.3. The summed E-state index contributed by atoms with van der Waals surface area (Å²) in [7, 11) is 1.73. The smallest absolute Gasteiger partial charge is 0.266 e. The van der Waals surface area contributed by atoms with Crippen LogP contribution in [0.4, 0.5) is 5.82 Å². The van der Waals surface area contributed by atoms with E-state index in [-0.39, 0.29) is 10.9 Å². The molecule has 3 heterocycles. The average molecular weight is 322 g/mol. The van der Waals surface area contributed by atoms with Gasteiger partial charge in [-0.3, -0.25) is 9.48 Å². The lowest BCUT2D eigenvalue weighted by Crippen LogP contribution is -2.18. The van der Waals surface area contributed by atoms with Crippen LogP contribution in [0, 0.1) is 0 Å². The molecule has 0 unspecified atom stereocenters. The molecule has 0 aliphatic carbocycles. The number of fused-ring (bicyclic) bond motifs is 1. The Hall–Kier alpha value is -1.77. The van der Waals surface area contributed by atoms with Gasteiger partial charge in [-0.2, -0.15) is 5.10 Å². The predicted molar refractivity (Wildman–Crippen MR) is 86.8 cm³/mol. The molecule has 5 nitrogen and oxygen atoms in total. The number of carbonyl (C=O) groups excluding carboxylic acids is 1. The van der Waals surface area contributed by atoms with Crippen LogP contribution < -0.4 is 11.1 Å². The number of nitrogens with one attached hydrogen (secondary N) is 1. The minimum atomic E-state index is -0.181. The maximum Gasteiger partial charge on any atom is 0.266 e. The van der Waals surface area contributed by atoms with Crippen molar-refractivity contribution in [2.45, 2.75) is 0 Å². The van der Waals surface area contributed by atoms with Gasteiger partial charge in [-0.25, -0.2) is 0 Å². The van der Waals surface area contributed by atoms with Crippen molar-refractivity contribution < 1.29 is 4.79 Å². The van der Waals surface area contributed by atoms with Crippen LogP contribution in [0.2, 0.25) is 0 Å². The molecule has 0 aromatic carbocycles. The first-order chi connectivity index (χ1) is 9.56. The van der Waals surface area contributed by atoms with Gasteiger partial charge in [-0.1, -0.05) is 12.2 Å². The van der Waals surface area contributed by atoms with Crippen molar-refractivity contribution in [2.75, 3.05) is 5.32 Å². The molecule has 3 aromatic rings. The van der Waals surface area contributed by atoms with Gasteiger partial charge in [-0.05, 0) is 17.5 Å². The minimum absolute atomic E-state index is 0.181. The van der Waals surface area contributed by atoms with Gasteiger partial charge in [0.25, 0.3) is 5.91 Å². The second-order valence-corrected chi connectivity index (χ2v) is 6.58. The molecule has 20 heavy (non-hydrogen) atoms. The van der Waals surface area contributed by atoms with Crippen LogP contribution in [0.15, 0.2) is 23.7 Å². The highest BCUT2D eigenvalue weighted by Crippen LogP contribution is 2.30. The van der Waals surface area contributed by atoms with E-state index in [1.807, 2.05) is 17.5 Å². The van der Waals surface area contributed by atoms with Crippen LogP contribution in [-0.4, -0.2) is 20.7 Å². The normalized spacial score (nSPS) is 10.8. The maximum atomic E-state index is 12.3. The van der Waals surface area contributed by atoms with Crippen LogP contribution in [0.3, 0.4) is 0 Å². The van der Waals surface area contributed by atoms with E-state index in [0.717, 1.165) is 9.40 Å². The molecule has 102 valence electrons. The van der Waals surface area contributed by atoms with Crippen molar-refractivity contribution in [3.8, 4) is 0 Å². The van der Waals surface area contributed by atoms with Gasteiger partial charge in [0.15, 0.2) is 0 Å². The van der Waals surface area contributed by atoms with Crippen molar-refractivity contribution >= 4 is 61.0 Å². The van der Waals surface area contributed by atoms with Crippen molar-refractivity contribution in [1.82, 2.24) is 9.78 Å². The van der Waals surface area contributed by atoms with Crippen LogP contribution >= 0.6 is 34.9 Å². The van der Waals surface area contributed by atoms with Gasteiger partial charge in [0.1, 0.15) is 10.8 Å². The number of carbonyl (C=O) groups is 1. The van der Waals surface area contributed by atoms with Crippen LogP contribution in [0.1, 0.15) is 15.2 Å². The molecule has 0 saturated carbocycles. The molecule has 0 atom stereocenters. The lowest BCUT2D eigenvalue weighted by atomic mass is 10.3. The lowest BCUT2D eigenvalue weighted by molar-refractivity contribution is 0.102. The number of hydrogen-bond donors (Lipinski definition) is 2. The van der Waals surface area contributed by atoms with Crippen LogP contribution in [-0.2, 0) is 7.05 Å². The van der Waals surface area contributed by atoms with E-state index < -0.39 is 0 Å². The summed E-state index contributed by atoms with van der Waals surface area (Å²) in [5, 5.41) is 8.88. The van der Waals surface area contributed by atoms with Gasteiger partial charge in [0, 0.05) is 16.4 Å². The number of thiocarbonyl (C=S) groups is 1. The summed E-state index contributed by atoms with van der Waals surface area (Å²) in [6, 6.07) is 3.89. The number of thiophene rings is 2. The second kappa shape index (κ2) is 4.97. The minimum Gasteiger partial charge on any atom is -0.389 e. The van der Waals surface area contributed by atoms with Crippen molar-refractivity contribution in [3.05, 3.63) is 34.2 Å². The Labute approximate surface area is 128 Å². The SMILES string of the molecule is Cn1ncc(C(N)=S)c1NC(=O)c1cc2sccc2s1. The number of aromatic nitrogens is 2. The van der Waals surface area contributed by atoms with Crippen LogP contribution in [0.25, 0.3) is 9.40 Å². The number of rotatable bonds is 3. The Morgan fingerprint density at radius 2 is 2.30 bits per heavy atom. The van der Waals surface area contributed by atoms with Gasteiger partial charge in [0.05, 0.1) is 16.6 Å². The summed E-state index contributed by atoms with van der Waals surface area (Å²) in [5.41, 5.74) is 6.18. The molecule has 1 amide bonds. The predicted octanol–water partition coefficient (Wildman–Crippen LogP) is 2.58. The van der Waals surface area contributed by atoms with E-state index in [1.165, 1.54) is 11.3 Å². The van der Waals surface area contributed by atoms with E-state index in [9.17, 15) is 4.79 Å². The average Bonchev–Trinajstić information content (AvgIpc) is 3.04. The molecule has 3 N–H and O–H groups in total. The quantitative estimate of drug-likeness (QED) is 0.727. The first kappa shape index (κ1) is 13.2. The molecule has 3 aromatic heterocycles. The summed E-state index contributed by atoms with van der Waals surface area (Å²) < 4.78 is 3.77. The number of anilines is 1. The summed E-state index contributed by atoms with van der Waals surface area (Å²) in [6.45, 7) is 0. The zero-order chi connectivity index (χ0) is 14.3. The zero-order valence-corrected chi connectivity index (χ0v) is 12.9. The molecule has 0 bridgehead atoms. The largest absolute Gasteiger partial charge is 0.389 e. The highest BCUT2D eigenvalue weighted by molar-refractivity contribution is 7.80. The van der Waals surface area contributed by atoms with Gasteiger partial charge < -0.3 is 11.1 Å². The van der Waals surface area contributed by atoms with Gasteiger partial charge in [-0.15, -0.1) is 22.7 Å². The number of hydrogen-bond acceptors (Lipinski definition) is 5. The molecule has 0 saturated heterocycles. The summed E-state index contributed by atoms with van der Waals surface area (Å²) in [4.78, 5) is 13.1. The highest BCUT2D eigenvalue weighted by atomic mass is 32.1. The fourth-order valence-corrected chi connectivity index (χ4v) is 3.97. The molecule has 8 heteroatoms. The molecular formula is C12H10N4OS3. The van der Waals surface area contributed by atoms with Crippen molar-refractivity contribution in [1.29, 1.82) is 0 Å². The fourth-order valence-electron chi connectivity index (χ4n) is 1.81. The van der Waals surface area contributed by atoms with E-state index in [1.54, 1.807) is 29.3 Å². The fraction of sp³-hybridized carbons (Fsp3) is 0.0833. The number of aryl methyl sites for hydroxylation is 1. The number of amides is 1. The first-order valence-corrected chi connectivity index (χ1v) is 7.77. The van der Waals surface area contributed by atoms with E-state index in [4.69, 9.17) is 18.0 Å². The third-order valence-electron chi connectivity index (χ3n) is 2.80. The lowest BCUT2D eigenvalue weighted by Gasteiger charge is -2.06. The van der Waals surface area contributed by atoms with E-state index in [2.05, 4.69) is 10.4 Å². The standard InChI is InChI=1S/C12H10N4OS3/c1-16-11(6(5-14-16)10(13)18)15-12(17)9-4-8-7(20-9)2-3-19-8/h2-5H,1H3,(H2,13,18)(H,15,17). The summed E-state index contributed by atoms with van der Waals surface area (Å²) >= 11 is 8.02. The summed E-state index contributed by atoms with van der Waals surface area (Å²) in [6.07, 6.45) is 1.55. The monoisotopic (exact) mass is 322 g/mol. The molecule has 0 radical (unpaired) electrons. The number of nitrogens with two attached hydrogens (primary N) is 1. The molecule has 3 rings (SSSR count). The first-order valence-electron chi connectivity index (χ1n) is 5.66. The Bertz CT molecular complexity index is 785. The highest BCUT2D eigenvalue weighted by Gasteiger charge is 2.17. The van der Waals surface area contributed by atoms with E-state index >= 15 is 0 Å². The van der Waals surface area contributed by atoms with E-state index in [0.29, 0.717) is 16.3 Å². The third-order valence-corrected chi connectivity index (χ3v) is 5.11. The Kier molecular flexibility index (Phi) is 3.28. The Morgan fingerprint density at radius 3 is 3.00 bits per heavy atom. The topological polar surface area (TPSA) is 72.9 Å². The van der Waals surface area contributed by atoms with Crippen molar-refractivity contribution in [3.63, 3.8) is 0 Å². The summed E-state index contributed by atoms with van der Waals surface area (Å²) in [5.74, 6) is 0.332. The molecular weight excluding hydrogens is 312 g/mol. The number of nitrogens with zero attached hydrogens (tertiary/aromatic N) is 2. The molecule has 0 aliphatic heterocycles. The van der Waals surface area contributed by atoms with Crippen LogP contribution in [0.5, 0.6) is 0 Å². The molecule has 0 spiro atoms. The molecule has 0 aliphatic rings.